The fourth-order valence-electron chi connectivity index (χ4n) is 1.60. The van der Waals surface area contributed by atoms with Crippen molar-refractivity contribution in [3.8, 4) is 0 Å². The first kappa shape index (κ1) is 7.98. The van der Waals surface area contributed by atoms with Crippen LogP contribution in [0.3, 0.4) is 0 Å². The summed E-state index contributed by atoms with van der Waals surface area (Å²) in [5.41, 5.74) is 5.42. The lowest BCUT2D eigenvalue weighted by Gasteiger charge is -2.08. The Hall–Kier alpha value is -0.120. The van der Waals surface area contributed by atoms with E-state index in [2.05, 4.69) is 0 Å². The normalized spacial score (nSPS) is 40.5. The molecule has 1 rings (SSSR count). The first-order chi connectivity index (χ1) is 4.77. The quantitative estimate of drug-likeness (QED) is 0.482. The van der Waals surface area contributed by atoms with Gasteiger partial charge < -0.3 is 15.9 Å². The predicted molar refractivity (Wildman–Crippen MR) is 38.4 cm³/mol. The molecule has 3 nitrogen and oxygen atoms in total. The maximum absolute atomic E-state index is 9.27. The van der Waals surface area contributed by atoms with Crippen LogP contribution in [0.25, 0.3) is 0 Å². The largest absolute Gasteiger partial charge is 0.396 e. The molecule has 0 heterocycles. The van der Waals surface area contributed by atoms with Crippen molar-refractivity contribution >= 4 is 0 Å². The van der Waals surface area contributed by atoms with Gasteiger partial charge in [0.05, 0.1) is 6.10 Å². The van der Waals surface area contributed by atoms with Crippen molar-refractivity contribution < 1.29 is 10.2 Å². The van der Waals surface area contributed by atoms with E-state index in [-0.39, 0.29) is 18.6 Å². The smallest absolute Gasteiger partial charge is 0.0593 e. The van der Waals surface area contributed by atoms with Crippen molar-refractivity contribution in [2.45, 2.75) is 18.9 Å². The van der Waals surface area contributed by atoms with Crippen LogP contribution in [0.5, 0.6) is 0 Å². The average Bonchev–Trinajstić information content (AvgIpc) is 2.30. The van der Waals surface area contributed by atoms with Gasteiger partial charge in [-0.3, -0.25) is 0 Å². The Labute approximate surface area is 60.9 Å². The van der Waals surface area contributed by atoms with E-state index in [1.165, 1.54) is 0 Å². The van der Waals surface area contributed by atoms with Gasteiger partial charge in [0.15, 0.2) is 0 Å². The van der Waals surface area contributed by atoms with Gasteiger partial charge in [0, 0.05) is 12.5 Å². The highest BCUT2D eigenvalue weighted by atomic mass is 16.3. The molecule has 60 valence electrons. The van der Waals surface area contributed by atoms with E-state index in [1.807, 2.05) is 0 Å². The minimum atomic E-state index is -0.321. The molecule has 3 unspecified atom stereocenters. The standard InChI is InChI=1S/C7H15NO2/c8-3-5-1-6(4-9)7(10)2-5/h5-7,9-10H,1-4,8H2. The van der Waals surface area contributed by atoms with Crippen LogP contribution in [0.4, 0.5) is 0 Å². The monoisotopic (exact) mass is 145 g/mol. The van der Waals surface area contributed by atoms with Gasteiger partial charge in [-0.05, 0) is 25.3 Å². The van der Waals surface area contributed by atoms with Gasteiger partial charge in [-0.2, -0.15) is 0 Å². The van der Waals surface area contributed by atoms with Crippen molar-refractivity contribution in [1.82, 2.24) is 0 Å². The van der Waals surface area contributed by atoms with Crippen LogP contribution in [0.2, 0.25) is 0 Å². The van der Waals surface area contributed by atoms with E-state index >= 15 is 0 Å². The van der Waals surface area contributed by atoms with Crippen molar-refractivity contribution in [3.05, 3.63) is 0 Å². The average molecular weight is 145 g/mol. The Balaban J connectivity index is 2.36. The fourth-order valence-corrected chi connectivity index (χ4v) is 1.60. The molecule has 0 aromatic rings. The number of nitrogens with two attached hydrogens (primary N) is 1. The summed E-state index contributed by atoms with van der Waals surface area (Å²) in [4.78, 5) is 0. The van der Waals surface area contributed by atoms with Crippen LogP contribution in [0.1, 0.15) is 12.8 Å². The molecule has 1 saturated carbocycles. The summed E-state index contributed by atoms with van der Waals surface area (Å²) < 4.78 is 0. The molecule has 1 fully saturated rings. The van der Waals surface area contributed by atoms with Crippen molar-refractivity contribution in [1.29, 1.82) is 0 Å². The maximum Gasteiger partial charge on any atom is 0.0593 e. The summed E-state index contributed by atoms with van der Waals surface area (Å²) in [5, 5.41) is 18.0. The molecular weight excluding hydrogens is 130 g/mol. The fraction of sp³-hybridized carbons (Fsp3) is 1.00. The van der Waals surface area contributed by atoms with Crippen molar-refractivity contribution in [2.24, 2.45) is 17.6 Å². The molecule has 0 bridgehead atoms. The van der Waals surface area contributed by atoms with Crippen LogP contribution in [0.15, 0.2) is 0 Å². The zero-order valence-electron chi connectivity index (χ0n) is 6.03. The second kappa shape index (κ2) is 3.32. The molecular formula is C7H15NO2. The predicted octanol–water partition coefficient (Wildman–Crippen LogP) is -0.676. The number of hydrogen-bond donors (Lipinski definition) is 3. The summed E-state index contributed by atoms with van der Waals surface area (Å²) in [6.07, 6.45) is 1.33. The molecule has 1 aliphatic carbocycles. The topological polar surface area (TPSA) is 66.5 Å². The second-order valence-electron chi connectivity index (χ2n) is 3.08. The lowest BCUT2D eigenvalue weighted by molar-refractivity contribution is 0.0906. The van der Waals surface area contributed by atoms with Crippen LogP contribution < -0.4 is 5.73 Å². The van der Waals surface area contributed by atoms with Crippen molar-refractivity contribution in [3.63, 3.8) is 0 Å². The maximum atomic E-state index is 9.27. The molecule has 3 atom stereocenters. The minimum Gasteiger partial charge on any atom is -0.396 e. The Morgan fingerprint density at radius 1 is 1.40 bits per heavy atom. The van der Waals surface area contributed by atoms with Gasteiger partial charge in [-0.1, -0.05) is 0 Å². The zero-order valence-corrected chi connectivity index (χ0v) is 6.03. The van der Waals surface area contributed by atoms with E-state index in [0.717, 1.165) is 12.8 Å². The first-order valence-electron chi connectivity index (χ1n) is 3.77. The molecule has 0 spiro atoms. The highest BCUT2D eigenvalue weighted by Gasteiger charge is 2.31. The van der Waals surface area contributed by atoms with Crippen LogP contribution in [-0.2, 0) is 0 Å². The Morgan fingerprint density at radius 2 is 2.10 bits per heavy atom. The zero-order chi connectivity index (χ0) is 7.56. The molecule has 0 radical (unpaired) electrons. The molecule has 0 amide bonds. The summed E-state index contributed by atoms with van der Waals surface area (Å²) in [5.74, 6) is 0.501. The molecule has 0 aliphatic heterocycles. The lowest BCUT2D eigenvalue weighted by Crippen LogP contribution is -2.16. The van der Waals surface area contributed by atoms with Crippen LogP contribution in [0, 0.1) is 11.8 Å². The first-order valence-corrected chi connectivity index (χ1v) is 3.77. The molecule has 0 aromatic heterocycles. The highest BCUT2D eigenvalue weighted by molar-refractivity contribution is 4.82. The number of aliphatic hydroxyl groups is 2. The van der Waals surface area contributed by atoms with Gasteiger partial charge in [-0.15, -0.1) is 0 Å². The third-order valence-corrected chi connectivity index (χ3v) is 2.32. The van der Waals surface area contributed by atoms with Crippen molar-refractivity contribution in [2.75, 3.05) is 13.2 Å². The highest BCUT2D eigenvalue weighted by Crippen LogP contribution is 2.29. The Bertz CT molecular complexity index is 108. The van der Waals surface area contributed by atoms with E-state index in [4.69, 9.17) is 10.8 Å². The molecule has 0 saturated heterocycles. The number of hydrogen-bond acceptors (Lipinski definition) is 3. The van der Waals surface area contributed by atoms with Gasteiger partial charge in [0.2, 0.25) is 0 Å². The van der Waals surface area contributed by atoms with E-state index in [0.29, 0.717) is 12.5 Å². The summed E-state index contributed by atoms with van der Waals surface area (Å²) >= 11 is 0. The molecule has 1 aliphatic rings. The van der Waals surface area contributed by atoms with E-state index in [9.17, 15) is 5.11 Å². The van der Waals surface area contributed by atoms with Gasteiger partial charge in [0.1, 0.15) is 0 Å². The van der Waals surface area contributed by atoms with E-state index < -0.39 is 0 Å². The summed E-state index contributed by atoms with van der Waals surface area (Å²) in [6.45, 7) is 0.727. The van der Waals surface area contributed by atoms with Gasteiger partial charge in [0.25, 0.3) is 0 Å². The van der Waals surface area contributed by atoms with Crippen LogP contribution >= 0.6 is 0 Å². The molecule has 10 heavy (non-hydrogen) atoms. The Morgan fingerprint density at radius 3 is 2.40 bits per heavy atom. The molecule has 0 aromatic carbocycles. The number of aliphatic hydroxyl groups excluding tert-OH is 2. The SMILES string of the molecule is NCC1CC(O)C(CO)C1. The third-order valence-electron chi connectivity index (χ3n) is 2.32. The van der Waals surface area contributed by atoms with Gasteiger partial charge in [-0.25, -0.2) is 0 Å². The van der Waals surface area contributed by atoms with Crippen LogP contribution in [-0.4, -0.2) is 29.5 Å². The number of rotatable bonds is 2. The lowest BCUT2D eigenvalue weighted by atomic mass is 10.1. The molecule has 4 N–H and O–H groups in total. The summed E-state index contributed by atoms with van der Waals surface area (Å²) in [6, 6.07) is 0. The second-order valence-corrected chi connectivity index (χ2v) is 3.08. The van der Waals surface area contributed by atoms with Gasteiger partial charge >= 0.3 is 0 Å². The third kappa shape index (κ3) is 1.48. The molecule has 3 heteroatoms. The van der Waals surface area contributed by atoms with E-state index in [1.54, 1.807) is 0 Å². The minimum absolute atomic E-state index is 0.0774. The Kier molecular flexibility index (Phi) is 2.65. The summed E-state index contributed by atoms with van der Waals surface area (Å²) in [7, 11) is 0.